The minimum Gasteiger partial charge on any atom is -0.268 e. The van der Waals surface area contributed by atoms with E-state index in [1.165, 1.54) is 4.42 Å². The lowest BCUT2D eigenvalue weighted by Crippen LogP contribution is -1.87. The molecule has 2 heteroatoms. The Morgan fingerprint density at radius 3 is 1.88 bits per heavy atom. The van der Waals surface area contributed by atoms with E-state index in [2.05, 4.69) is 0 Å². The second kappa shape index (κ2) is 2.58. The summed E-state index contributed by atoms with van der Waals surface area (Å²) in [4.78, 5) is 0. The number of hydrogen-bond acceptors (Lipinski definition) is 1. The fourth-order valence-electron chi connectivity index (χ4n) is 0.442. The highest BCUT2D eigenvalue weighted by molar-refractivity contribution is 6.14. The molecular formula is C6H6ClN. The summed E-state index contributed by atoms with van der Waals surface area (Å²) in [6, 6.07) is 0. The second-order valence-corrected chi connectivity index (χ2v) is 1.80. The van der Waals surface area contributed by atoms with Gasteiger partial charge < -0.3 is 0 Å². The predicted molar refractivity (Wildman–Crippen MR) is 35.1 cm³/mol. The molecule has 1 aliphatic heterocycles. The number of allylic oxidation sites excluding steroid dienone is 4. The fraction of sp³-hybridized carbons (Fsp3) is 0. The van der Waals surface area contributed by atoms with Crippen LogP contribution in [0.2, 0.25) is 0 Å². The molecular weight excluding hydrogens is 122 g/mol. The third kappa shape index (κ3) is 1.43. The van der Waals surface area contributed by atoms with Gasteiger partial charge in [-0.05, 0) is 12.2 Å². The highest BCUT2D eigenvalue weighted by Crippen LogP contribution is 1.99. The first-order chi connectivity index (χ1) is 3.89. The first kappa shape index (κ1) is 5.45. The summed E-state index contributed by atoms with van der Waals surface area (Å²) >= 11 is 5.54. The molecule has 0 fully saturated rings. The summed E-state index contributed by atoms with van der Waals surface area (Å²) in [6.07, 6.45) is 11.1. The van der Waals surface area contributed by atoms with Crippen LogP contribution in [0.1, 0.15) is 0 Å². The van der Waals surface area contributed by atoms with E-state index in [0.29, 0.717) is 0 Å². The van der Waals surface area contributed by atoms with Gasteiger partial charge in [0.1, 0.15) is 0 Å². The van der Waals surface area contributed by atoms with E-state index >= 15 is 0 Å². The van der Waals surface area contributed by atoms with Crippen LogP contribution >= 0.6 is 11.8 Å². The number of halogens is 1. The molecule has 8 heavy (non-hydrogen) atoms. The zero-order chi connectivity index (χ0) is 5.82. The van der Waals surface area contributed by atoms with Gasteiger partial charge in [0, 0.05) is 24.2 Å². The molecule has 0 aromatic rings. The molecule has 42 valence electrons. The molecule has 0 radical (unpaired) electrons. The predicted octanol–water partition coefficient (Wildman–Crippen LogP) is 2.04. The molecule has 1 aliphatic rings. The zero-order valence-corrected chi connectivity index (χ0v) is 5.05. The third-order valence-electron chi connectivity index (χ3n) is 0.790. The topological polar surface area (TPSA) is 3.24 Å². The summed E-state index contributed by atoms with van der Waals surface area (Å²) in [7, 11) is 0. The Labute approximate surface area is 53.7 Å². The summed E-state index contributed by atoms with van der Waals surface area (Å²) in [5.41, 5.74) is 0. The van der Waals surface area contributed by atoms with Crippen LogP contribution in [0, 0.1) is 0 Å². The molecule has 0 saturated heterocycles. The molecule has 0 aromatic carbocycles. The molecule has 0 N–H and O–H groups in total. The zero-order valence-electron chi connectivity index (χ0n) is 4.29. The minimum atomic E-state index is 1.47. The summed E-state index contributed by atoms with van der Waals surface area (Å²) in [5, 5.41) is 0. The molecule has 1 rings (SSSR count). The first-order valence-corrected chi connectivity index (χ1v) is 2.69. The lowest BCUT2D eigenvalue weighted by molar-refractivity contribution is 0.832. The molecule has 0 aliphatic carbocycles. The van der Waals surface area contributed by atoms with Gasteiger partial charge in [0.15, 0.2) is 0 Å². The van der Waals surface area contributed by atoms with Crippen LogP contribution in [0.25, 0.3) is 0 Å². The van der Waals surface area contributed by atoms with Gasteiger partial charge in [-0.3, -0.25) is 4.42 Å². The van der Waals surface area contributed by atoms with E-state index in [1.54, 1.807) is 12.4 Å². The van der Waals surface area contributed by atoms with Crippen molar-refractivity contribution in [2.24, 2.45) is 0 Å². The van der Waals surface area contributed by atoms with Gasteiger partial charge >= 0.3 is 0 Å². The summed E-state index contributed by atoms with van der Waals surface area (Å²) in [6.45, 7) is 0. The Morgan fingerprint density at radius 1 is 0.875 bits per heavy atom. The highest BCUT2D eigenvalue weighted by atomic mass is 35.5. The van der Waals surface area contributed by atoms with Crippen LogP contribution < -0.4 is 0 Å². The Kier molecular flexibility index (Phi) is 1.75. The Morgan fingerprint density at radius 2 is 1.38 bits per heavy atom. The van der Waals surface area contributed by atoms with E-state index in [9.17, 15) is 0 Å². The van der Waals surface area contributed by atoms with Crippen molar-refractivity contribution in [2.45, 2.75) is 0 Å². The van der Waals surface area contributed by atoms with Crippen molar-refractivity contribution in [3.05, 3.63) is 36.7 Å². The van der Waals surface area contributed by atoms with Crippen LogP contribution in [0.3, 0.4) is 0 Å². The van der Waals surface area contributed by atoms with Crippen molar-refractivity contribution >= 4 is 11.8 Å². The fourth-order valence-corrected chi connectivity index (χ4v) is 0.572. The minimum absolute atomic E-state index is 1.47. The smallest absolute Gasteiger partial charge is 0.0212 e. The molecule has 1 nitrogen and oxygen atoms in total. The summed E-state index contributed by atoms with van der Waals surface area (Å²) < 4.78 is 1.47. The van der Waals surface area contributed by atoms with Crippen LogP contribution in [0.5, 0.6) is 0 Å². The highest BCUT2D eigenvalue weighted by Gasteiger charge is 1.82. The molecule has 0 spiro atoms. The van der Waals surface area contributed by atoms with Gasteiger partial charge in [-0.25, -0.2) is 0 Å². The number of rotatable bonds is 0. The van der Waals surface area contributed by atoms with Gasteiger partial charge in [-0.1, -0.05) is 12.2 Å². The molecule has 0 unspecified atom stereocenters. The Hall–Kier alpha value is -0.690. The molecule has 0 bridgehead atoms. The molecule has 0 atom stereocenters. The van der Waals surface area contributed by atoms with E-state index < -0.39 is 0 Å². The monoisotopic (exact) mass is 127 g/mol. The Balaban J connectivity index is 2.66. The normalized spacial score (nSPS) is 16.9. The van der Waals surface area contributed by atoms with Gasteiger partial charge in [0.2, 0.25) is 0 Å². The average Bonchev–Trinajstić information content (AvgIpc) is 1.94. The van der Waals surface area contributed by atoms with E-state index in [0.717, 1.165) is 0 Å². The Bertz CT molecular complexity index is 131. The van der Waals surface area contributed by atoms with Crippen molar-refractivity contribution < 1.29 is 0 Å². The maximum atomic E-state index is 5.54. The maximum absolute atomic E-state index is 5.54. The molecule has 0 amide bonds. The third-order valence-corrected chi connectivity index (χ3v) is 1.02. The standard InChI is InChI=1S/C6H6ClN/c7-8-5-3-1-2-4-6-8/h1-6H. The average molecular weight is 128 g/mol. The largest absolute Gasteiger partial charge is 0.268 e. The van der Waals surface area contributed by atoms with Gasteiger partial charge in [0.25, 0.3) is 0 Å². The van der Waals surface area contributed by atoms with Gasteiger partial charge in [0.05, 0.1) is 0 Å². The lowest BCUT2D eigenvalue weighted by Gasteiger charge is -1.97. The van der Waals surface area contributed by atoms with Crippen molar-refractivity contribution in [1.82, 2.24) is 4.42 Å². The van der Waals surface area contributed by atoms with E-state index in [4.69, 9.17) is 11.8 Å². The van der Waals surface area contributed by atoms with Crippen molar-refractivity contribution in [3.8, 4) is 0 Å². The molecule has 0 saturated carbocycles. The quantitative estimate of drug-likeness (QED) is 0.450. The van der Waals surface area contributed by atoms with Crippen LogP contribution in [-0.4, -0.2) is 4.42 Å². The molecule has 0 aromatic heterocycles. The van der Waals surface area contributed by atoms with E-state index in [1.807, 2.05) is 24.3 Å². The molecule has 1 heterocycles. The summed E-state index contributed by atoms with van der Waals surface area (Å²) in [5.74, 6) is 0. The van der Waals surface area contributed by atoms with Crippen molar-refractivity contribution in [1.29, 1.82) is 0 Å². The van der Waals surface area contributed by atoms with Gasteiger partial charge in [-0.2, -0.15) is 0 Å². The lowest BCUT2D eigenvalue weighted by atomic mass is 10.5. The van der Waals surface area contributed by atoms with Crippen LogP contribution in [0.4, 0.5) is 0 Å². The van der Waals surface area contributed by atoms with Crippen molar-refractivity contribution in [3.63, 3.8) is 0 Å². The van der Waals surface area contributed by atoms with Crippen LogP contribution in [0.15, 0.2) is 36.7 Å². The number of nitrogens with zero attached hydrogens (tertiary/aromatic N) is 1. The first-order valence-electron chi connectivity index (χ1n) is 2.35. The SMILES string of the molecule is ClN1C=CC=CC=C1. The van der Waals surface area contributed by atoms with Crippen LogP contribution in [-0.2, 0) is 0 Å². The maximum Gasteiger partial charge on any atom is 0.0212 e. The second-order valence-electron chi connectivity index (χ2n) is 1.41. The van der Waals surface area contributed by atoms with Gasteiger partial charge in [-0.15, -0.1) is 0 Å². The van der Waals surface area contributed by atoms with Crippen molar-refractivity contribution in [2.75, 3.05) is 0 Å². The number of hydrogen-bond donors (Lipinski definition) is 0. The van der Waals surface area contributed by atoms with E-state index in [-0.39, 0.29) is 0 Å².